The Labute approximate surface area is 187 Å². The van der Waals surface area contributed by atoms with Crippen molar-refractivity contribution >= 4 is 17.7 Å². The molecular weight excluding hydrogens is 408 g/mol. The van der Waals surface area contributed by atoms with Gasteiger partial charge in [-0.25, -0.2) is 0 Å². The zero-order valence-corrected chi connectivity index (χ0v) is 18.6. The zero-order valence-electron chi connectivity index (χ0n) is 18.6. The Hall–Kier alpha value is -3.19. The maximum atomic E-state index is 12.9. The second-order valence-corrected chi connectivity index (χ2v) is 8.55. The van der Waals surface area contributed by atoms with E-state index in [-0.39, 0.29) is 48.1 Å². The third kappa shape index (κ3) is 4.53. The third-order valence-electron chi connectivity index (χ3n) is 5.72. The molecule has 7 nitrogen and oxygen atoms in total. The van der Waals surface area contributed by atoms with Crippen molar-refractivity contribution in [1.82, 2.24) is 10.2 Å². The average molecular weight is 437 g/mol. The zero-order chi connectivity index (χ0) is 22.8. The number of hydrogen-bond acceptors (Lipinski definition) is 5. The lowest BCUT2D eigenvalue weighted by Crippen LogP contribution is -2.36. The number of amides is 3. The van der Waals surface area contributed by atoms with Crippen LogP contribution in [0.3, 0.4) is 0 Å². The number of ether oxygens (including phenoxy) is 2. The van der Waals surface area contributed by atoms with E-state index in [1.807, 2.05) is 45.0 Å². The molecule has 2 heterocycles. The Kier molecular flexibility index (Phi) is 6.28. The molecule has 1 fully saturated rings. The van der Waals surface area contributed by atoms with Crippen LogP contribution in [0.25, 0.3) is 0 Å². The first-order valence-corrected chi connectivity index (χ1v) is 11.0. The number of fused-ring (bicyclic) bond motifs is 1. The number of nitrogens with one attached hydrogen (secondary N) is 1. The normalized spacial score (nSPS) is 18.8. The van der Waals surface area contributed by atoms with Gasteiger partial charge in [0.25, 0.3) is 17.7 Å². The number of nitrogens with zero attached hydrogens (tertiary/aromatic N) is 1. The van der Waals surface area contributed by atoms with Gasteiger partial charge in [-0.3, -0.25) is 19.3 Å². The predicted molar refractivity (Wildman–Crippen MR) is 119 cm³/mol. The smallest absolute Gasteiger partial charge is 0.261 e. The van der Waals surface area contributed by atoms with Crippen molar-refractivity contribution in [3.8, 4) is 5.75 Å². The van der Waals surface area contributed by atoms with Crippen molar-refractivity contribution < 1.29 is 23.9 Å². The van der Waals surface area contributed by atoms with Gasteiger partial charge in [-0.15, -0.1) is 0 Å². The Morgan fingerprint density at radius 1 is 1.12 bits per heavy atom. The summed E-state index contributed by atoms with van der Waals surface area (Å²) in [6, 6.07) is 12.0. The van der Waals surface area contributed by atoms with Crippen molar-refractivity contribution in [2.24, 2.45) is 0 Å². The molecule has 2 unspecified atom stereocenters. The number of carbonyl (C=O) groups excluding carboxylic acids is 3. The van der Waals surface area contributed by atoms with Crippen molar-refractivity contribution in [2.45, 2.75) is 51.9 Å². The summed E-state index contributed by atoms with van der Waals surface area (Å²) in [5.74, 6) is -0.274. The van der Waals surface area contributed by atoms with Crippen molar-refractivity contribution in [3.05, 3.63) is 64.7 Å². The summed E-state index contributed by atoms with van der Waals surface area (Å²) >= 11 is 0. The molecule has 0 spiro atoms. The van der Waals surface area contributed by atoms with E-state index in [1.165, 1.54) is 11.0 Å². The van der Waals surface area contributed by atoms with Crippen LogP contribution in [0.5, 0.6) is 5.75 Å². The van der Waals surface area contributed by atoms with E-state index in [9.17, 15) is 14.4 Å². The molecule has 1 N–H and O–H groups in total. The van der Waals surface area contributed by atoms with E-state index in [0.29, 0.717) is 17.7 Å². The lowest BCUT2D eigenvalue weighted by Gasteiger charge is -2.18. The van der Waals surface area contributed by atoms with Crippen LogP contribution in [0.4, 0.5) is 0 Å². The second kappa shape index (κ2) is 9.12. The highest BCUT2D eigenvalue weighted by Crippen LogP contribution is 2.27. The van der Waals surface area contributed by atoms with Gasteiger partial charge in [-0.1, -0.05) is 12.1 Å². The lowest BCUT2D eigenvalue weighted by atomic mass is 10.0. The van der Waals surface area contributed by atoms with Crippen LogP contribution >= 0.6 is 0 Å². The molecule has 168 valence electrons. The number of carbonyl (C=O) groups is 3. The molecule has 2 atom stereocenters. The molecule has 2 aliphatic heterocycles. The van der Waals surface area contributed by atoms with Crippen molar-refractivity contribution in [3.63, 3.8) is 0 Å². The summed E-state index contributed by atoms with van der Waals surface area (Å²) < 4.78 is 11.3. The van der Waals surface area contributed by atoms with Crippen LogP contribution in [-0.4, -0.2) is 48.0 Å². The molecule has 2 aliphatic rings. The first-order valence-electron chi connectivity index (χ1n) is 11.0. The van der Waals surface area contributed by atoms with E-state index < -0.39 is 0 Å². The highest BCUT2D eigenvalue weighted by atomic mass is 16.5. The van der Waals surface area contributed by atoms with Crippen molar-refractivity contribution in [1.29, 1.82) is 0 Å². The maximum absolute atomic E-state index is 12.9. The van der Waals surface area contributed by atoms with Crippen LogP contribution in [0.15, 0.2) is 42.5 Å². The van der Waals surface area contributed by atoms with Gasteiger partial charge >= 0.3 is 0 Å². The molecule has 7 heteroatoms. The van der Waals surface area contributed by atoms with Gasteiger partial charge < -0.3 is 14.8 Å². The molecule has 3 amide bonds. The largest absolute Gasteiger partial charge is 0.491 e. The number of imide groups is 1. The topological polar surface area (TPSA) is 84.9 Å². The third-order valence-corrected chi connectivity index (χ3v) is 5.72. The van der Waals surface area contributed by atoms with E-state index >= 15 is 0 Å². The summed E-state index contributed by atoms with van der Waals surface area (Å²) in [5, 5.41) is 2.96. The lowest BCUT2D eigenvalue weighted by molar-refractivity contribution is 0.0475. The van der Waals surface area contributed by atoms with Gasteiger partial charge in [0.05, 0.1) is 35.9 Å². The fourth-order valence-electron chi connectivity index (χ4n) is 4.08. The van der Waals surface area contributed by atoms with E-state index in [1.54, 1.807) is 12.1 Å². The summed E-state index contributed by atoms with van der Waals surface area (Å²) in [6.07, 6.45) is 1.71. The first kappa shape index (κ1) is 22.0. The molecule has 32 heavy (non-hydrogen) atoms. The number of benzene rings is 2. The molecule has 0 saturated carbocycles. The average Bonchev–Trinajstić information content (AvgIpc) is 3.36. The monoisotopic (exact) mass is 436 g/mol. The Bertz CT molecular complexity index is 1040. The van der Waals surface area contributed by atoms with Crippen LogP contribution in [0, 0.1) is 0 Å². The van der Waals surface area contributed by atoms with Crippen LogP contribution in [0.2, 0.25) is 0 Å². The van der Waals surface area contributed by atoms with Gasteiger partial charge in [0, 0.05) is 12.2 Å². The van der Waals surface area contributed by atoms with E-state index in [0.717, 1.165) is 24.2 Å². The molecule has 1 saturated heterocycles. The van der Waals surface area contributed by atoms with Gasteiger partial charge in [0.15, 0.2) is 0 Å². The maximum Gasteiger partial charge on any atom is 0.261 e. The Morgan fingerprint density at radius 2 is 1.91 bits per heavy atom. The molecule has 2 aromatic carbocycles. The predicted octanol–water partition coefficient (Wildman–Crippen LogP) is 3.74. The highest BCUT2D eigenvalue weighted by molar-refractivity contribution is 6.22. The first-order chi connectivity index (χ1) is 15.3. The van der Waals surface area contributed by atoms with E-state index in [4.69, 9.17) is 9.47 Å². The second-order valence-electron chi connectivity index (χ2n) is 8.55. The molecule has 0 bridgehead atoms. The van der Waals surface area contributed by atoms with Gasteiger partial charge in [-0.2, -0.15) is 0 Å². The Balaban J connectivity index is 1.46. The molecule has 2 aromatic rings. The van der Waals surface area contributed by atoms with E-state index in [2.05, 4.69) is 5.32 Å². The fourth-order valence-corrected chi connectivity index (χ4v) is 4.08. The minimum Gasteiger partial charge on any atom is -0.491 e. The fraction of sp³-hybridized carbons (Fsp3) is 0.400. The highest BCUT2D eigenvalue weighted by Gasteiger charge is 2.38. The number of rotatable bonds is 7. The molecular formula is C25H28N2O5. The van der Waals surface area contributed by atoms with Gasteiger partial charge in [0.2, 0.25) is 0 Å². The van der Waals surface area contributed by atoms with Crippen LogP contribution in [0.1, 0.15) is 76.3 Å². The summed E-state index contributed by atoms with van der Waals surface area (Å²) in [5.41, 5.74) is 1.84. The molecule has 4 rings (SSSR count). The van der Waals surface area contributed by atoms with Crippen molar-refractivity contribution in [2.75, 3.05) is 13.2 Å². The SMILES string of the molecule is CC(C)Oc1cccc(C(C)NC(=O)c2ccc3c(c2)C(=O)N(CC2CCCO2)C3=O)c1. The standard InChI is InChI=1S/C25H28N2O5/c1-15(2)32-19-7-4-6-17(12-19)16(3)26-23(28)18-9-10-21-22(13-18)25(30)27(24(21)29)14-20-8-5-11-31-20/h4,6-7,9-10,12-13,15-16,20H,5,8,11,14H2,1-3H3,(H,26,28). The molecule has 0 aromatic heterocycles. The molecule has 0 aliphatic carbocycles. The summed E-state index contributed by atoms with van der Waals surface area (Å²) in [7, 11) is 0. The van der Waals surface area contributed by atoms with Crippen LogP contribution in [-0.2, 0) is 4.74 Å². The summed E-state index contributed by atoms with van der Waals surface area (Å²) in [6.45, 7) is 6.71. The minimum absolute atomic E-state index is 0.0570. The van der Waals surface area contributed by atoms with Gasteiger partial charge in [-0.05, 0) is 69.5 Å². The quantitative estimate of drug-likeness (QED) is 0.669. The summed E-state index contributed by atoms with van der Waals surface area (Å²) in [4.78, 5) is 39.6. The van der Waals surface area contributed by atoms with Gasteiger partial charge in [0.1, 0.15) is 5.75 Å². The molecule has 0 radical (unpaired) electrons. The van der Waals surface area contributed by atoms with Crippen LogP contribution < -0.4 is 10.1 Å². The minimum atomic E-state index is -0.373. The number of hydrogen-bond donors (Lipinski definition) is 1. The Morgan fingerprint density at radius 3 is 2.62 bits per heavy atom.